The van der Waals surface area contributed by atoms with Crippen LogP contribution in [0, 0.1) is 23.1 Å². The molecule has 43 heavy (non-hydrogen) atoms. The molecule has 4 heterocycles. The van der Waals surface area contributed by atoms with Crippen molar-refractivity contribution in [2.45, 2.75) is 18.3 Å². The number of alkyl halides is 3. The minimum atomic E-state index is -4.65. The van der Waals surface area contributed by atoms with Crippen LogP contribution in [0.5, 0.6) is 0 Å². The summed E-state index contributed by atoms with van der Waals surface area (Å²) in [5, 5.41) is 17.9. The standard InChI is InChI=1S/C28H20ClF5N8O/c29-21-6-15(5-19-24(14(8-35)9-36-25(19)21)39-16-7-22(30)27(31)37-10-16)38-26(18-3-1-2-4-20(18)28(32,33)34)23-11-42(41-40-23)17-12-43-13-17/h1-7,9-11,17,26,38,40-41H,12-13H2,(H,36,39)/t26-/m0/s1. The number of benzene rings is 2. The van der Waals surface area contributed by atoms with Gasteiger partial charge >= 0.3 is 6.18 Å². The van der Waals surface area contributed by atoms with Crippen LogP contribution in [-0.2, 0) is 10.9 Å². The molecule has 15 heteroatoms. The van der Waals surface area contributed by atoms with Crippen LogP contribution in [0.25, 0.3) is 10.9 Å². The number of hydrogen-bond donors (Lipinski definition) is 4. The second kappa shape index (κ2) is 11.2. The summed E-state index contributed by atoms with van der Waals surface area (Å²) in [6.07, 6.45) is -0.674. The number of pyridine rings is 2. The average molecular weight is 615 g/mol. The Bertz CT molecular complexity index is 1790. The monoisotopic (exact) mass is 614 g/mol. The van der Waals surface area contributed by atoms with Gasteiger partial charge in [0.15, 0.2) is 5.82 Å². The molecule has 4 aromatic rings. The van der Waals surface area contributed by atoms with Crippen LogP contribution in [0.4, 0.5) is 39.0 Å². The fraction of sp³-hybridized carbons (Fsp3) is 0.179. The fourth-order valence-corrected chi connectivity index (χ4v) is 5.03. The summed E-state index contributed by atoms with van der Waals surface area (Å²) >= 11 is 6.58. The minimum Gasteiger partial charge on any atom is -0.377 e. The van der Waals surface area contributed by atoms with Crippen LogP contribution < -0.4 is 21.6 Å². The average Bonchev–Trinajstić information content (AvgIpc) is 3.41. The molecule has 2 aromatic carbocycles. The Balaban J connectivity index is 1.45. The van der Waals surface area contributed by atoms with E-state index in [9.17, 15) is 27.2 Å². The molecule has 2 aromatic heterocycles. The van der Waals surface area contributed by atoms with Gasteiger partial charge in [-0.1, -0.05) is 29.8 Å². The second-order valence-corrected chi connectivity index (χ2v) is 10.1. The van der Waals surface area contributed by atoms with E-state index in [1.165, 1.54) is 30.5 Å². The van der Waals surface area contributed by atoms with E-state index in [2.05, 4.69) is 31.6 Å². The maximum absolute atomic E-state index is 14.1. The Labute approximate surface area is 245 Å². The SMILES string of the molecule is N#Cc1cnc2c(Cl)cc(N[C@H](C3=CN(C4COC4)NN3)c3ccccc3C(F)(F)F)cc2c1Nc1cnc(F)c(F)c1. The molecule has 6 rings (SSSR count). The number of ether oxygens (including phenoxy) is 1. The predicted molar refractivity (Wildman–Crippen MR) is 148 cm³/mol. The topological polar surface area (TPSA) is 110 Å². The summed E-state index contributed by atoms with van der Waals surface area (Å²) in [5.74, 6) is -2.50. The molecular weight excluding hydrogens is 595 g/mol. The van der Waals surface area contributed by atoms with Crippen molar-refractivity contribution >= 4 is 39.6 Å². The number of aromatic nitrogens is 2. The van der Waals surface area contributed by atoms with Gasteiger partial charge in [-0.3, -0.25) is 9.99 Å². The van der Waals surface area contributed by atoms with Gasteiger partial charge in [-0.25, -0.2) is 9.37 Å². The normalized spacial score (nSPS) is 15.8. The van der Waals surface area contributed by atoms with Gasteiger partial charge in [-0.2, -0.15) is 22.8 Å². The van der Waals surface area contributed by atoms with Gasteiger partial charge in [0.05, 0.1) is 70.2 Å². The van der Waals surface area contributed by atoms with E-state index in [1.54, 1.807) is 17.3 Å². The van der Waals surface area contributed by atoms with Gasteiger partial charge in [0.25, 0.3) is 0 Å². The van der Waals surface area contributed by atoms with Gasteiger partial charge < -0.3 is 20.8 Å². The van der Waals surface area contributed by atoms with Crippen molar-refractivity contribution in [3.8, 4) is 6.07 Å². The maximum atomic E-state index is 14.1. The first-order valence-corrected chi connectivity index (χ1v) is 13.1. The highest BCUT2D eigenvalue weighted by molar-refractivity contribution is 6.36. The first-order chi connectivity index (χ1) is 20.6. The van der Waals surface area contributed by atoms with Gasteiger partial charge in [-0.15, -0.1) is 5.53 Å². The van der Waals surface area contributed by atoms with Crippen molar-refractivity contribution in [1.82, 2.24) is 25.9 Å². The molecule has 0 saturated carbocycles. The molecule has 0 bridgehead atoms. The lowest BCUT2D eigenvalue weighted by atomic mass is 9.97. The number of anilines is 3. The summed E-state index contributed by atoms with van der Waals surface area (Å²) < 4.78 is 75.0. The lowest BCUT2D eigenvalue weighted by molar-refractivity contribution is -0.138. The molecule has 2 aliphatic rings. The number of rotatable bonds is 7. The molecule has 0 radical (unpaired) electrons. The summed E-state index contributed by atoms with van der Waals surface area (Å²) in [5.41, 5.74) is 6.18. The van der Waals surface area contributed by atoms with Crippen LogP contribution >= 0.6 is 11.6 Å². The Morgan fingerprint density at radius 2 is 1.88 bits per heavy atom. The molecule has 9 nitrogen and oxygen atoms in total. The van der Waals surface area contributed by atoms with Crippen LogP contribution in [0.1, 0.15) is 22.7 Å². The number of halogens is 6. The molecule has 220 valence electrons. The summed E-state index contributed by atoms with van der Waals surface area (Å²) in [6.45, 7) is 0.904. The van der Waals surface area contributed by atoms with Crippen molar-refractivity contribution in [1.29, 1.82) is 5.26 Å². The third-order valence-corrected chi connectivity index (χ3v) is 7.22. The molecule has 1 saturated heterocycles. The molecule has 0 aliphatic carbocycles. The third-order valence-electron chi connectivity index (χ3n) is 6.93. The molecule has 0 amide bonds. The number of hydrazine groups is 2. The molecule has 0 spiro atoms. The van der Waals surface area contributed by atoms with E-state index in [1.807, 2.05) is 6.07 Å². The third kappa shape index (κ3) is 5.57. The van der Waals surface area contributed by atoms with Crippen molar-refractivity contribution < 1.29 is 26.7 Å². The maximum Gasteiger partial charge on any atom is 0.416 e. The molecule has 1 fully saturated rings. The van der Waals surface area contributed by atoms with E-state index in [0.717, 1.165) is 18.3 Å². The zero-order chi connectivity index (χ0) is 30.3. The largest absolute Gasteiger partial charge is 0.416 e. The van der Waals surface area contributed by atoms with Crippen LogP contribution in [0.2, 0.25) is 5.02 Å². The van der Waals surface area contributed by atoms with Crippen molar-refractivity contribution in [2.75, 3.05) is 23.8 Å². The molecule has 0 unspecified atom stereocenters. The molecular formula is C28H20ClF5N8O. The Kier molecular flexibility index (Phi) is 7.38. The lowest BCUT2D eigenvalue weighted by Crippen LogP contribution is -2.52. The summed E-state index contributed by atoms with van der Waals surface area (Å²) in [7, 11) is 0. The highest BCUT2D eigenvalue weighted by Gasteiger charge is 2.37. The van der Waals surface area contributed by atoms with Crippen LogP contribution in [0.3, 0.4) is 0 Å². The van der Waals surface area contributed by atoms with E-state index in [0.29, 0.717) is 24.3 Å². The molecule has 4 N–H and O–H groups in total. The van der Waals surface area contributed by atoms with E-state index in [-0.39, 0.29) is 44.8 Å². The van der Waals surface area contributed by atoms with Gasteiger partial charge in [0.2, 0.25) is 5.95 Å². The van der Waals surface area contributed by atoms with E-state index < -0.39 is 29.5 Å². The van der Waals surface area contributed by atoms with Crippen LogP contribution in [0.15, 0.2) is 66.8 Å². The van der Waals surface area contributed by atoms with E-state index >= 15 is 0 Å². The van der Waals surface area contributed by atoms with Crippen molar-refractivity contribution in [3.05, 3.63) is 100 Å². The quantitative estimate of drug-likeness (QED) is 0.149. The number of nitrogens with one attached hydrogen (secondary N) is 4. The zero-order valence-corrected chi connectivity index (χ0v) is 22.6. The Morgan fingerprint density at radius 1 is 1.09 bits per heavy atom. The smallest absolute Gasteiger partial charge is 0.377 e. The second-order valence-electron chi connectivity index (χ2n) is 9.72. The highest BCUT2D eigenvalue weighted by atomic mass is 35.5. The zero-order valence-electron chi connectivity index (χ0n) is 21.8. The van der Waals surface area contributed by atoms with E-state index in [4.69, 9.17) is 16.3 Å². The number of fused-ring (bicyclic) bond motifs is 1. The number of nitrogens with zero attached hydrogens (tertiary/aromatic N) is 4. The first kappa shape index (κ1) is 28.4. The van der Waals surface area contributed by atoms with Gasteiger partial charge in [-0.05, 0) is 23.8 Å². The van der Waals surface area contributed by atoms with Gasteiger partial charge in [0.1, 0.15) is 6.07 Å². The first-order valence-electron chi connectivity index (χ1n) is 12.7. The highest BCUT2D eigenvalue weighted by Crippen LogP contribution is 2.40. The van der Waals surface area contributed by atoms with Crippen LogP contribution in [-0.4, -0.2) is 34.2 Å². The fourth-order valence-electron chi connectivity index (χ4n) is 4.76. The summed E-state index contributed by atoms with van der Waals surface area (Å²) in [4.78, 5) is 7.62. The Morgan fingerprint density at radius 3 is 2.58 bits per heavy atom. The van der Waals surface area contributed by atoms with Crippen molar-refractivity contribution in [2.24, 2.45) is 0 Å². The minimum absolute atomic E-state index is 0.00600. The molecule has 1 atom stereocenters. The Hall–Kier alpha value is -4.71. The molecule has 2 aliphatic heterocycles. The number of nitriles is 1. The number of hydrogen-bond acceptors (Lipinski definition) is 9. The summed E-state index contributed by atoms with van der Waals surface area (Å²) in [6, 6.07) is 10.0. The van der Waals surface area contributed by atoms with Gasteiger partial charge in [0, 0.05) is 29.5 Å². The van der Waals surface area contributed by atoms with Crippen molar-refractivity contribution in [3.63, 3.8) is 0 Å². The predicted octanol–water partition coefficient (Wildman–Crippen LogP) is 5.91. The lowest BCUT2D eigenvalue weighted by Gasteiger charge is -2.33.